The zero-order chi connectivity index (χ0) is 32.0. The van der Waals surface area contributed by atoms with Crippen LogP contribution >= 0.6 is 0 Å². The van der Waals surface area contributed by atoms with Crippen molar-refractivity contribution in [1.29, 1.82) is 0 Å². The second-order valence-corrected chi connectivity index (χ2v) is 15.5. The van der Waals surface area contributed by atoms with Crippen LogP contribution in [-0.2, 0) is 20.4 Å². The molecule has 2 aromatic rings. The van der Waals surface area contributed by atoms with Gasteiger partial charge in [0.05, 0.1) is 0 Å². The smallest absolute Gasteiger partial charge is 0.308 e. The highest BCUT2D eigenvalue weighted by molar-refractivity contribution is 6.12. The molecule has 3 rings (SSSR count). The predicted molar refractivity (Wildman–Crippen MR) is 176 cm³/mol. The molecule has 42 heavy (non-hydrogen) atoms. The molecule has 0 aliphatic heterocycles. The van der Waals surface area contributed by atoms with E-state index in [-0.39, 0.29) is 33.4 Å². The Morgan fingerprint density at radius 2 is 1.12 bits per heavy atom. The van der Waals surface area contributed by atoms with E-state index >= 15 is 0 Å². The predicted octanol–water partition coefficient (Wildman–Crippen LogP) is 9.52. The van der Waals surface area contributed by atoms with Crippen molar-refractivity contribution in [2.45, 2.75) is 101 Å². The topological polar surface area (TPSA) is 43.4 Å². The van der Waals surface area contributed by atoms with E-state index in [9.17, 15) is 9.59 Å². The van der Waals surface area contributed by atoms with Gasteiger partial charge in [0.2, 0.25) is 0 Å². The summed E-state index contributed by atoms with van der Waals surface area (Å²) in [6, 6.07) is 12.3. The average Bonchev–Trinajstić information content (AvgIpc) is 2.82. The molecule has 0 fully saturated rings. The first-order valence-electron chi connectivity index (χ1n) is 14.7. The number of carbonyl (C=O) groups excluding carboxylic acids is 2. The monoisotopic (exact) mass is 564 g/mol. The number of ketones is 1. The van der Waals surface area contributed by atoms with Crippen molar-refractivity contribution in [2.75, 3.05) is 0 Å². The summed E-state index contributed by atoms with van der Waals surface area (Å²) in [5, 5.41) is 0. The zero-order valence-electron chi connectivity index (χ0n) is 27.9. The van der Waals surface area contributed by atoms with Crippen LogP contribution in [-0.4, -0.2) is 11.8 Å². The van der Waals surface area contributed by atoms with Gasteiger partial charge < -0.3 is 4.74 Å². The average molecular weight is 565 g/mol. The summed E-state index contributed by atoms with van der Waals surface area (Å²) in [5.74, 6) is 3.09. The Balaban J connectivity index is 2.63. The number of rotatable bonds is 3. The van der Waals surface area contributed by atoms with E-state index in [4.69, 9.17) is 11.2 Å². The number of hydrogen-bond donors (Lipinski definition) is 0. The van der Waals surface area contributed by atoms with E-state index in [1.54, 1.807) is 0 Å². The van der Waals surface area contributed by atoms with Crippen LogP contribution in [0, 0.1) is 23.2 Å². The van der Waals surface area contributed by atoms with E-state index in [1.165, 1.54) is 6.92 Å². The van der Waals surface area contributed by atoms with Crippen LogP contribution in [0.3, 0.4) is 0 Å². The first-order valence-corrected chi connectivity index (χ1v) is 14.7. The summed E-state index contributed by atoms with van der Waals surface area (Å²) in [6.45, 7) is 26.8. The molecule has 0 bridgehead atoms. The Morgan fingerprint density at radius 1 is 0.690 bits per heavy atom. The third-order valence-corrected chi connectivity index (χ3v) is 7.57. The van der Waals surface area contributed by atoms with Crippen molar-refractivity contribution in [1.82, 2.24) is 0 Å². The minimum Gasteiger partial charge on any atom is -0.426 e. The fourth-order valence-corrected chi connectivity index (χ4v) is 5.26. The summed E-state index contributed by atoms with van der Waals surface area (Å²) < 4.78 is 5.94. The molecule has 0 spiro atoms. The number of ether oxygens (including phenoxy) is 1. The zero-order valence-corrected chi connectivity index (χ0v) is 27.9. The molecule has 0 N–H and O–H groups in total. The highest BCUT2D eigenvalue weighted by atomic mass is 16.5. The second kappa shape index (κ2) is 11.2. The Hall–Kier alpha value is -3.64. The first-order chi connectivity index (χ1) is 19.1. The Bertz CT molecular complexity index is 1470. The van der Waals surface area contributed by atoms with Crippen molar-refractivity contribution in [3.05, 3.63) is 93.1 Å². The normalized spacial score (nSPS) is 14.7. The van der Waals surface area contributed by atoms with Crippen LogP contribution in [0.4, 0.5) is 0 Å². The molecule has 0 atom stereocenters. The van der Waals surface area contributed by atoms with Gasteiger partial charge in [0.15, 0.2) is 5.78 Å². The van der Waals surface area contributed by atoms with Crippen molar-refractivity contribution < 1.29 is 14.3 Å². The molecular weight excluding hydrogens is 516 g/mol. The molecule has 0 amide bonds. The van der Waals surface area contributed by atoms with Gasteiger partial charge in [-0.05, 0) is 80.4 Å². The van der Waals surface area contributed by atoms with Crippen molar-refractivity contribution in [2.24, 2.45) is 10.8 Å². The molecule has 0 radical (unpaired) electrons. The minimum absolute atomic E-state index is 0.0942. The van der Waals surface area contributed by atoms with Gasteiger partial charge in [-0.2, -0.15) is 0 Å². The number of esters is 1. The summed E-state index contributed by atoms with van der Waals surface area (Å²) in [5.41, 5.74) is 6.90. The molecule has 222 valence electrons. The molecule has 0 saturated carbocycles. The number of Topliss-reactive ketones (excluding diaryl/α,β-unsaturated/α-hetero) is 1. The Labute approximate surface area is 254 Å². The molecule has 3 nitrogen and oxygen atoms in total. The highest BCUT2D eigenvalue weighted by Crippen LogP contribution is 2.46. The van der Waals surface area contributed by atoms with E-state index in [0.717, 1.165) is 50.1 Å². The lowest BCUT2D eigenvalue weighted by molar-refractivity contribution is -0.132. The molecule has 2 aromatic carbocycles. The molecule has 1 aliphatic rings. The number of carbonyl (C=O) groups is 2. The molecule has 0 heterocycles. The van der Waals surface area contributed by atoms with Crippen LogP contribution in [0.25, 0.3) is 5.57 Å². The fourth-order valence-electron chi connectivity index (χ4n) is 5.26. The van der Waals surface area contributed by atoms with Gasteiger partial charge in [0.25, 0.3) is 0 Å². The van der Waals surface area contributed by atoms with Crippen molar-refractivity contribution in [3.8, 4) is 18.1 Å². The van der Waals surface area contributed by atoms with Crippen molar-refractivity contribution >= 4 is 17.3 Å². The van der Waals surface area contributed by atoms with E-state index < -0.39 is 0 Å². The van der Waals surface area contributed by atoms with Crippen LogP contribution in [0.1, 0.15) is 118 Å². The lowest BCUT2D eigenvalue weighted by Crippen LogP contribution is -2.28. The van der Waals surface area contributed by atoms with E-state index in [2.05, 4.69) is 125 Å². The van der Waals surface area contributed by atoms with Crippen LogP contribution in [0.5, 0.6) is 5.75 Å². The molecular formula is C39H48O3. The highest BCUT2D eigenvalue weighted by Gasteiger charge is 2.35. The van der Waals surface area contributed by atoms with Gasteiger partial charge in [-0.1, -0.05) is 101 Å². The number of benzene rings is 2. The Morgan fingerprint density at radius 3 is 1.45 bits per heavy atom. The number of hydrogen-bond acceptors (Lipinski definition) is 3. The quantitative estimate of drug-likeness (QED) is 0.212. The minimum atomic E-state index is -0.349. The van der Waals surface area contributed by atoms with Gasteiger partial charge in [-0.15, -0.1) is 6.42 Å². The summed E-state index contributed by atoms with van der Waals surface area (Å²) in [6.07, 6.45) is 9.84. The lowest BCUT2D eigenvalue weighted by atomic mass is 9.70. The number of allylic oxidation sites excluding steroid dienone is 5. The third kappa shape index (κ3) is 7.04. The Kier molecular flexibility index (Phi) is 8.78. The SMILES string of the molecule is C#Cc1ccc(C(=C2C=C(C(C)(C)C)C(=O)C(C(C)(C)C)=C2)c2cc(C(C)(C)C)c(OC(C)=O)c(C(C)(C)C)c2)cc1. The van der Waals surface area contributed by atoms with Crippen LogP contribution < -0.4 is 4.74 Å². The van der Waals surface area contributed by atoms with Gasteiger partial charge in [-0.25, -0.2) is 0 Å². The van der Waals surface area contributed by atoms with Gasteiger partial charge >= 0.3 is 5.97 Å². The van der Waals surface area contributed by atoms with Crippen LogP contribution in [0.15, 0.2) is 65.3 Å². The second-order valence-electron chi connectivity index (χ2n) is 15.5. The maximum absolute atomic E-state index is 13.8. The molecule has 3 heteroatoms. The summed E-state index contributed by atoms with van der Waals surface area (Å²) >= 11 is 0. The largest absolute Gasteiger partial charge is 0.426 e. The summed E-state index contributed by atoms with van der Waals surface area (Å²) in [7, 11) is 0. The van der Waals surface area contributed by atoms with E-state index in [0.29, 0.717) is 5.75 Å². The lowest BCUT2D eigenvalue weighted by Gasteiger charge is -2.33. The van der Waals surface area contributed by atoms with Crippen LogP contribution in [0.2, 0.25) is 0 Å². The third-order valence-electron chi connectivity index (χ3n) is 7.57. The van der Waals surface area contributed by atoms with Gasteiger partial charge in [0.1, 0.15) is 5.75 Å². The molecule has 0 saturated heterocycles. The number of terminal acetylenes is 1. The maximum Gasteiger partial charge on any atom is 0.308 e. The molecule has 0 unspecified atom stereocenters. The van der Waals surface area contributed by atoms with Crippen molar-refractivity contribution in [3.63, 3.8) is 0 Å². The van der Waals surface area contributed by atoms with Gasteiger partial charge in [-0.3, -0.25) is 9.59 Å². The van der Waals surface area contributed by atoms with E-state index in [1.807, 2.05) is 12.1 Å². The first kappa shape index (κ1) is 32.9. The van der Waals surface area contributed by atoms with Gasteiger partial charge in [0, 0.05) is 34.8 Å². The maximum atomic E-state index is 13.8. The fraction of sp³-hybridized carbons (Fsp3) is 0.436. The molecule has 0 aromatic heterocycles. The standard InChI is InChI=1S/C39H48O3/c1-15-25-16-18-26(19-17-25)33(27-20-29(36(3,4)5)34(41)30(21-27)37(6,7)8)28-22-31(38(9,10)11)35(42-24(2)40)32(23-28)39(12,13)14/h1,16-23H,2-14H3. The summed E-state index contributed by atoms with van der Waals surface area (Å²) in [4.78, 5) is 26.1. The molecule has 1 aliphatic carbocycles.